The average molecular weight is 243 g/mol. The molecule has 0 N–H and O–H groups in total. The lowest BCUT2D eigenvalue weighted by atomic mass is 9.90. The van der Waals surface area contributed by atoms with Gasteiger partial charge >= 0.3 is 0 Å². The Labute approximate surface area is 106 Å². The van der Waals surface area contributed by atoms with Crippen LogP contribution in [0, 0.1) is 17.8 Å². The quantitative estimate of drug-likeness (QED) is 0.611. The molecule has 0 aromatic carbocycles. The van der Waals surface area contributed by atoms with Gasteiger partial charge in [0.1, 0.15) is 0 Å². The van der Waals surface area contributed by atoms with Crippen LogP contribution in [0.25, 0.3) is 0 Å². The molecule has 17 heavy (non-hydrogen) atoms. The molecule has 0 aromatic heterocycles. The maximum Gasteiger partial charge on any atom is 0.248 e. The van der Waals surface area contributed by atoms with Gasteiger partial charge in [0.15, 0.2) is 0 Å². The van der Waals surface area contributed by atoms with Crippen LogP contribution in [0.2, 0.25) is 0 Å². The Kier molecular flexibility index (Phi) is 8.23. The topological polar surface area (TPSA) is 29.5 Å². The first-order chi connectivity index (χ1) is 7.92. The van der Waals surface area contributed by atoms with Crippen molar-refractivity contribution in [1.29, 1.82) is 0 Å². The zero-order valence-corrected chi connectivity index (χ0v) is 12.3. The van der Waals surface area contributed by atoms with E-state index in [2.05, 4.69) is 20.8 Å². The third kappa shape index (κ3) is 6.67. The molecular formula is C14H29NO2. The molecule has 0 radical (unpaired) electrons. The van der Waals surface area contributed by atoms with E-state index in [0.717, 1.165) is 12.3 Å². The molecule has 3 nitrogen and oxygen atoms in total. The van der Waals surface area contributed by atoms with Crippen molar-refractivity contribution in [3.63, 3.8) is 0 Å². The van der Waals surface area contributed by atoms with Crippen molar-refractivity contribution in [2.24, 2.45) is 17.8 Å². The van der Waals surface area contributed by atoms with Crippen molar-refractivity contribution in [3.05, 3.63) is 0 Å². The number of nitrogens with zero attached hydrogens (tertiary/aromatic N) is 1. The lowest BCUT2D eigenvalue weighted by Gasteiger charge is -2.22. The van der Waals surface area contributed by atoms with E-state index in [0.29, 0.717) is 5.92 Å². The summed E-state index contributed by atoms with van der Waals surface area (Å²) in [5.41, 5.74) is 0. The molecule has 102 valence electrons. The molecule has 0 fully saturated rings. The lowest BCUT2D eigenvalue weighted by molar-refractivity contribution is -0.173. The number of hydrogen-bond donors (Lipinski definition) is 0. The Morgan fingerprint density at radius 1 is 1.18 bits per heavy atom. The second kappa shape index (κ2) is 8.51. The van der Waals surface area contributed by atoms with Gasteiger partial charge in [0.25, 0.3) is 0 Å². The highest BCUT2D eigenvalue weighted by atomic mass is 16.7. The predicted octanol–water partition coefficient (Wildman–Crippen LogP) is 3.49. The molecule has 0 heterocycles. The number of amides is 1. The monoisotopic (exact) mass is 243 g/mol. The second-order valence-electron chi connectivity index (χ2n) is 5.35. The summed E-state index contributed by atoms with van der Waals surface area (Å²) in [6, 6.07) is 0. The smallest absolute Gasteiger partial charge is 0.248 e. The van der Waals surface area contributed by atoms with E-state index in [4.69, 9.17) is 4.84 Å². The van der Waals surface area contributed by atoms with Crippen LogP contribution in [0.15, 0.2) is 0 Å². The first-order valence-corrected chi connectivity index (χ1v) is 6.73. The summed E-state index contributed by atoms with van der Waals surface area (Å²) >= 11 is 0. The van der Waals surface area contributed by atoms with E-state index in [1.807, 2.05) is 6.92 Å². The number of hydrogen-bond acceptors (Lipinski definition) is 2. The Bertz CT molecular complexity index is 218. The first-order valence-electron chi connectivity index (χ1n) is 6.73. The maximum absolute atomic E-state index is 11.8. The number of hydroxylamine groups is 2. The fourth-order valence-corrected chi connectivity index (χ4v) is 2.00. The van der Waals surface area contributed by atoms with Gasteiger partial charge in [-0.15, -0.1) is 0 Å². The molecular weight excluding hydrogens is 214 g/mol. The molecule has 0 aliphatic carbocycles. The molecule has 0 aliphatic heterocycles. The van der Waals surface area contributed by atoms with Crippen LogP contribution in [0.5, 0.6) is 0 Å². The second-order valence-corrected chi connectivity index (χ2v) is 5.35. The molecule has 3 heteroatoms. The third-order valence-electron chi connectivity index (χ3n) is 3.61. The summed E-state index contributed by atoms with van der Waals surface area (Å²) in [7, 11) is 3.19. The van der Waals surface area contributed by atoms with Gasteiger partial charge in [-0.05, 0) is 18.3 Å². The normalized spacial score (nSPS) is 16.4. The third-order valence-corrected chi connectivity index (χ3v) is 3.61. The van der Waals surface area contributed by atoms with Crippen LogP contribution in [0.3, 0.4) is 0 Å². The van der Waals surface area contributed by atoms with Crippen molar-refractivity contribution in [3.8, 4) is 0 Å². The molecule has 2 unspecified atom stereocenters. The van der Waals surface area contributed by atoms with Crippen molar-refractivity contribution in [2.75, 3.05) is 14.2 Å². The summed E-state index contributed by atoms with van der Waals surface area (Å²) in [5, 5.41) is 1.33. The fourth-order valence-electron chi connectivity index (χ4n) is 2.00. The zero-order chi connectivity index (χ0) is 13.4. The molecule has 0 saturated carbocycles. The molecule has 0 bridgehead atoms. The van der Waals surface area contributed by atoms with Crippen LogP contribution < -0.4 is 0 Å². The SMILES string of the molecule is CCC(C)CC[C@@H](C)CC(C)C(=O)N(C)OC. The molecule has 1 amide bonds. The van der Waals surface area contributed by atoms with Gasteiger partial charge in [-0.1, -0.05) is 47.0 Å². The van der Waals surface area contributed by atoms with Gasteiger partial charge in [0.05, 0.1) is 7.11 Å². The van der Waals surface area contributed by atoms with Crippen LogP contribution >= 0.6 is 0 Å². The Morgan fingerprint density at radius 2 is 1.71 bits per heavy atom. The van der Waals surface area contributed by atoms with Crippen molar-refractivity contribution in [2.45, 2.75) is 53.4 Å². The standard InChI is InChI=1S/C14H29NO2/c1-7-11(2)8-9-12(3)10-13(4)14(16)15(5)17-6/h11-13H,7-10H2,1-6H3/t11?,12-,13?/m1/s1. The van der Waals surface area contributed by atoms with Gasteiger partial charge in [-0.25, -0.2) is 5.06 Å². The summed E-state index contributed by atoms with van der Waals surface area (Å²) in [6.45, 7) is 8.74. The van der Waals surface area contributed by atoms with E-state index >= 15 is 0 Å². The minimum Gasteiger partial charge on any atom is -0.275 e. The van der Waals surface area contributed by atoms with Gasteiger partial charge < -0.3 is 0 Å². The summed E-state index contributed by atoms with van der Waals surface area (Å²) in [5.74, 6) is 1.52. The van der Waals surface area contributed by atoms with E-state index in [1.165, 1.54) is 31.4 Å². The highest BCUT2D eigenvalue weighted by molar-refractivity contribution is 5.77. The summed E-state index contributed by atoms with van der Waals surface area (Å²) in [6.07, 6.45) is 4.67. The first kappa shape index (κ1) is 16.4. The Morgan fingerprint density at radius 3 is 2.18 bits per heavy atom. The number of carbonyl (C=O) groups is 1. The highest BCUT2D eigenvalue weighted by Crippen LogP contribution is 2.21. The zero-order valence-electron chi connectivity index (χ0n) is 12.3. The molecule has 0 rings (SSSR count). The molecule has 0 aromatic rings. The van der Waals surface area contributed by atoms with Crippen molar-refractivity contribution >= 4 is 5.91 Å². The number of carbonyl (C=O) groups excluding carboxylic acids is 1. The summed E-state index contributed by atoms with van der Waals surface area (Å²) < 4.78 is 0. The van der Waals surface area contributed by atoms with Crippen molar-refractivity contribution < 1.29 is 9.63 Å². The number of rotatable bonds is 8. The van der Waals surface area contributed by atoms with Crippen LogP contribution in [0.4, 0.5) is 0 Å². The van der Waals surface area contributed by atoms with E-state index in [9.17, 15) is 4.79 Å². The Hall–Kier alpha value is -0.570. The fraction of sp³-hybridized carbons (Fsp3) is 0.929. The largest absolute Gasteiger partial charge is 0.275 e. The minimum absolute atomic E-state index is 0.0480. The van der Waals surface area contributed by atoms with Gasteiger partial charge in [-0.3, -0.25) is 9.63 Å². The molecule has 0 aliphatic rings. The van der Waals surface area contributed by atoms with E-state index in [-0.39, 0.29) is 11.8 Å². The molecule has 0 saturated heterocycles. The molecule has 0 spiro atoms. The van der Waals surface area contributed by atoms with Crippen LogP contribution in [-0.4, -0.2) is 25.1 Å². The van der Waals surface area contributed by atoms with Crippen LogP contribution in [-0.2, 0) is 9.63 Å². The molecule has 3 atom stereocenters. The van der Waals surface area contributed by atoms with Crippen molar-refractivity contribution in [1.82, 2.24) is 5.06 Å². The lowest BCUT2D eigenvalue weighted by Crippen LogP contribution is -2.31. The minimum atomic E-state index is 0.0480. The van der Waals surface area contributed by atoms with E-state index in [1.54, 1.807) is 7.05 Å². The summed E-state index contributed by atoms with van der Waals surface area (Å²) in [4.78, 5) is 16.7. The van der Waals surface area contributed by atoms with Gasteiger partial charge in [-0.2, -0.15) is 0 Å². The maximum atomic E-state index is 11.8. The van der Waals surface area contributed by atoms with E-state index < -0.39 is 0 Å². The predicted molar refractivity (Wildman–Crippen MR) is 71.4 cm³/mol. The van der Waals surface area contributed by atoms with Gasteiger partial charge in [0.2, 0.25) is 5.91 Å². The van der Waals surface area contributed by atoms with Gasteiger partial charge in [0, 0.05) is 13.0 Å². The Balaban J connectivity index is 3.94. The average Bonchev–Trinajstić information content (AvgIpc) is 2.33. The highest BCUT2D eigenvalue weighted by Gasteiger charge is 2.20. The van der Waals surface area contributed by atoms with Crippen LogP contribution in [0.1, 0.15) is 53.4 Å².